The third-order valence-corrected chi connectivity index (χ3v) is 2.75. The van der Waals surface area contributed by atoms with E-state index < -0.39 is 5.60 Å². The molecule has 0 fully saturated rings. The maximum atomic E-state index is 8.62. The first-order chi connectivity index (χ1) is 9.45. The highest BCUT2D eigenvalue weighted by Crippen LogP contribution is 2.38. The van der Waals surface area contributed by atoms with Crippen LogP contribution in [0.15, 0.2) is 29.3 Å². The molecule has 0 unspecified atom stereocenters. The third kappa shape index (κ3) is 2.78. The van der Waals surface area contributed by atoms with Gasteiger partial charge in [0, 0.05) is 5.56 Å². The van der Waals surface area contributed by atoms with Crippen molar-refractivity contribution in [1.82, 2.24) is 5.32 Å². The van der Waals surface area contributed by atoms with Crippen molar-refractivity contribution in [3.05, 3.63) is 41.3 Å². The fourth-order valence-electron chi connectivity index (χ4n) is 1.98. The van der Waals surface area contributed by atoms with E-state index in [1.165, 1.54) is 0 Å². The van der Waals surface area contributed by atoms with Gasteiger partial charge in [-0.3, -0.25) is 5.32 Å². The fourth-order valence-corrected chi connectivity index (χ4v) is 1.98. The standard InChI is InChI=1S/C15H14N4O/c1-10(18-9-16)19-13-8-15(2,3)20-14-6-5-11(17-4)7-12(13)14/h5-8H,1-3H3,(H,18,19). The number of nitrogens with one attached hydrogen (secondary N) is 1. The molecular weight excluding hydrogens is 252 g/mol. The maximum absolute atomic E-state index is 8.62. The number of hydrogen-bond donors (Lipinski definition) is 1. The Morgan fingerprint density at radius 1 is 1.50 bits per heavy atom. The number of nitriles is 1. The van der Waals surface area contributed by atoms with Gasteiger partial charge in [-0.05, 0) is 39.0 Å². The molecule has 1 aliphatic heterocycles. The average Bonchev–Trinajstić information content (AvgIpc) is 2.37. The number of amidine groups is 1. The molecule has 5 heteroatoms. The Morgan fingerprint density at radius 3 is 2.90 bits per heavy atom. The van der Waals surface area contributed by atoms with E-state index in [-0.39, 0.29) is 0 Å². The Hall–Kier alpha value is -2.79. The Kier molecular flexibility index (Phi) is 3.45. The van der Waals surface area contributed by atoms with Crippen LogP contribution in [0.3, 0.4) is 0 Å². The Balaban J connectivity index is 2.55. The largest absolute Gasteiger partial charge is 0.483 e. The van der Waals surface area contributed by atoms with Crippen molar-refractivity contribution >= 4 is 17.2 Å². The molecule has 0 amide bonds. The van der Waals surface area contributed by atoms with Crippen LogP contribution < -0.4 is 10.1 Å². The second-order valence-electron chi connectivity index (χ2n) is 4.96. The molecule has 0 spiro atoms. The van der Waals surface area contributed by atoms with Crippen molar-refractivity contribution in [2.45, 2.75) is 26.4 Å². The van der Waals surface area contributed by atoms with Crippen molar-refractivity contribution in [3.63, 3.8) is 0 Å². The summed E-state index contributed by atoms with van der Waals surface area (Å²) >= 11 is 0. The average molecular weight is 266 g/mol. The molecule has 0 aliphatic carbocycles. The van der Waals surface area contributed by atoms with Crippen LogP contribution in [0.2, 0.25) is 0 Å². The molecule has 1 N–H and O–H groups in total. The Labute approximate surface area is 118 Å². The molecule has 1 aliphatic rings. The minimum absolute atomic E-state index is 0.488. The zero-order valence-corrected chi connectivity index (χ0v) is 11.6. The summed E-state index contributed by atoms with van der Waals surface area (Å²) in [5.74, 6) is 1.18. The summed E-state index contributed by atoms with van der Waals surface area (Å²) in [4.78, 5) is 7.82. The van der Waals surface area contributed by atoms with Crippen molar-refractivity contribution in [1.29, 1.82) is 5.26 Å². The third-order valence-electron chi connectivity index (χ3n) is 2.75. The molecule has 0 saturated carbocycles. The second kappa shape index (κ2) is 5.07. The molecule has 0 bridgehead atoms. The molecule has 0 aromatic heterocycles. The number of fused-ring (bicyclic) bond motifs is 1. The van der Waals surface area contributed by atoms with Gasteiger partial charge in [0.05, 0.1) is 12.3 Å². The quantitative estimate of drug-likeness (QED) is 0.279. The minimum atomic E-state index is -0.488. The smallest absolute Gasteiger partial charge is 0.188 e. The number of benzene rings is 1. The van der Waals surface area contributed by atoms with Gasteiger partial charge >= 0.3 is 0 Å². The molecule has 1 heterocycles. The highest BCUT2D eigenvalue weighted by molar-refractivity contribution is 5.89. The molecule has 0 saturated heterocycles. The first-order valence-electron chi connectivity index (χ1n) is 6.09. The number of rotatable bonds is 1. The van der Waals surface area contributed by atoms with Gasteiger partial charge in [-0.2, -0.15) is 5.26 Å². The van der Waals surface area contributed by atoms with Crippen molar-refractivity contribution < 1.29 is 4.74 Å². The molecule has 100 valence electrons. The van der Waals surface area contributed by atoms with Gasteiger partial charge in [0.15, 0.2) is 11.9 Å². The van der Waals surface area contributed by atoms with E-state index in [4.69, 9.17) is 16.6 Å². The van der Waals surface area contributed by atoms with Crippen LogP contribution in [0.25, 0.3) is 10.5 Å². The molecule has 1 aromatic carbocycles. The van der Waals surface area contributed by atoms with Gasteiger partial charge in [0.25, 0.3) is 0 Å². The lowest BCUT2D eigenvalue weighted by Gasteiger charge is -2.30. The molecule has 20 heavy (non-hydrogen) atoms. The molecule has 1 aromatic rings. The summed E-state index contributed by atoms with van der Waals surface area (Å²) in [5, 5.41) is 11.1. The number of hydrogen-bond acceptors (Lipinski definition) is 3. The van der Waals surface area contributed by atoms with Crippen molar-refractivity contribution in [2.24, 2.45) is 4.99 Å². The van der Waals surface area contributed by atoms with E-state index in [0.717, 1.165) is 5.56 Å². The predicted octanol–water partition coefficient (Wildman–Crippen LogP) is 3.24. The molecule has 0 atom stereocenters. The monoisotopic (exact) mass is 266 g/mol. The summed E-state index contributed by atoms with van der Waals surface area (Å²) in [7, 11) is 0. The van der Waals surface area contributed by atoms with Crippen LogP contribution in [-0.4, -0.2) is 11.4 Å². The van der Waals surface area contributed by atoms with Crippen LogP contribution in [0, 0.1) is 18.0 Å². The lowest BCUT2D eigenvalue weighted by atomic mass is 9.99. The zero-order chi connectivity index (χ0) is 14.8. The van der Waals surface area contributed by atoms with E-state index in [1.807, 2.05) is 26.1 Å². The van der Waals surface area contributed by atoms with E-state index >= 15 is 0 Å². The van der Waals surface area contributed by atoms with Gasteiger partial charge in [0.2, 0.25) is 0 Å². The summed E-state index contributed by atoms with van der Waals surface area (Å²) in [6, 6.07) is 5.24. The second-order valence-corrected chi connectivity index (χ2v) is 4.96. The van der Waals surface area contributed by atoms with E-state index in [9.17, 15) is 0 Å². The maximum Gasteiger partial charge on any atom is 0.188 e. The number of ether oxygens (including phenoxy) is 1. The zero-order valence-electron chi connectivity index (χ0n) is 11.6. The van der Waals surface area contributed by atoms with Crippen LogP contribution in [0.1, 0.15) is 26.3 Å². The summed E-state index contributed by atoms with van der Waals surface area (Å²) in [6.45, 7) is 12.7. The summed E-state index contributed by atoms with van der Waals surface area (Å²) in [6.07, 6.45) is 3.72. The van der Waals surface area contributed by atoms with Crippen LogP contribution in [0.5, 0.6) is 5.75 Å². The summed E-state index contributed by atoms with van der Waals surface area (Å²) < 4.78 is 5.86. The van der Waals surface area contributed by atoms with Gasteiger partial charge < -0.3 is 4.74 Å². The SMILES string of the molecule is [C-]#[N+]c1ccc2c(c1)C(N=C(C)NC#N)=CC(C)(C)O2. The van der Waals surface area contributed by atoms with Crippen LogP contribution in [-0.2, 0) is 0 Å². The normalized spacial score (nSPS) is 16.1. The topological polar surface area (TPSA) is 61.8 Å². The fraction of sp³-hybridized carbons (Fsp3) is 0.267. The highest BCUT2D eigenvalue weighted by Gasteiger charge is 2.26. The Morgan fingerprint density at radius 2 is 2.25 bits per heavy atom. The van der Waals surface area contributed by atoms with E-state index in [0.29, 0.717) is 23.0 Å². The Bertz CT molecular complexity index is 687. The summed E-state index contributed by atoms with van der Waals surface area (Å²) in [5.41, 5.74) is 1.50. The van der Waals surface area contributed by atoms with Crippen molar-refractivity contribution in [2.75, 3.05) is 0 Å². The van der Waals surface area contributed by atoms with Crippen molar-refractivity contribution in [3.8, 4) is 11.9 Å². The van der Waals surface area contributed by atoms with Gasteiger partial charge in [-0.25, -0.2) is 9.84 Å². The van der Waals surface area contributed by atoms with Gasteiger partial charge in [0.1, 0.15) is 17.2 Å². The van der Waals surface area contributed by atoms with E-state index in [1.54, 1.807) is 25.1 Å². The van der Waals surface area contributed by atoms with Gasteiger partial charge in [-0.1, -0.05) is 6.07 Å². The van der Waals surface area contributed by atoms with E-state index in [2.05, 4.69) is 15.2 Å². The lowest BCUT2D eigenvalue weighted by Crippen LogP contribution is -2.29. The first kappa shape index (κ1) is 13.6. The first-order valence-corrected chi connectivity index (χ1v) is 6.09. The predicted molar refractivity (Wildman–Crippen MR) is 77.2 cm³/mol. The molecule has 5 nitrogen and oxygen atoms in total. The number of nitrogens with zero attached hydrogens (tertiary/aromatic N) is 3. The molecular formula is C15H14N4O. The molecule has 2 rings (SSSR count). The van der Waals surface area contributed by atoms with Crippen LogP contribution in [0.4, 0.5) is 5.69 Å². The lowest BCUT2D eigenvalue weighted by molar-refractivity contribution is 0.158. The van der Waals surface area contributed by atoms with Crippen LogP contribution >= 0.6 is 0 Å². The minimum Gasteiger partial charge on any atom is -0.483 e. The number of aliphatic imine (C=N–C) groups is 1. The van der Waals surface area contributed by atoms with Gasteiger partial charge in [-0.15, -0.1) is 0 Å². The highest BCUT2D eigenvalue weighted by atomic mass is 16.5. The molecule has 0 radical (unpaired) electrons.